The first-order valence-electron chi connectivity index (χ1n) is 8.87. The number of aromatic nitrogens is 2. The summed E-state index contributed by atoms with van der Waals surface area (Å²) in [6, 6.07) is 15.0. The Kier molecular flexibility index (Phi) is 6.72. The predicted octanol–water partition coefficient (Wildman–Crippen LogP) is 3.85. The predicted molar refractivity (Wildman–Crippen MR) is 116 cm³/mol. The quantitative estimate of drug-likeness (QED) is 0.563. The number of primary amides is 1. The molecule has 0 radical (unpaired) electrons. The fourth-order valence-electron chi connectivity index (χ4n) is 2.69. The molecule has 3 aromatic rings. The molecule has 0 saturated heterocycles. The molecule has 2 aromatic carbocycles. The van der Waals surface area contributed by atoms with Gasteiger partial charge in [-0.3, -0.25) is 9.10 Å². The minimum Gasteiger partial charge on any atom is -0.364 e. The number of hydrogen-bond acceptors (Lipinski definition) is 6. The van der Waals surface area contributed by atoms with Crippen LogP contribution in [0, 0.1) is 0 Å². The lowest BCUT2D eigenvalue weighted by Crippen LogP contribution is -2.26. The summed E-state index contributed by atoms with van der Waals surface area (Å²) in [5.41, 5.74) is 7.13. The molecule has 2 N–H and O–H groups in total. The summed E-state index contributed by atoms with van der Waals surface area (Å²) in [7, 11) is 4.05. The van der Waals surface area contributed by atoms with Gasteiger partial charge in [0.15, 0.2) is 11.5 Å². The second kappa shape index (κ2) is 9.23. The third-order valence-corrected chi connectivity index (χ3v) is 5.60. The van der Waals surface area contributed by atoms with Gasteiger partial charge in [-0.05, 0) is 63.3 Å². The summed E-state index contributed by atoms with van der Waals surface area (Å²) in [5.74, 6) is -0.152. The van der Waals surface area contributed by atoms with Crippen LogP contribution in [0.2, 0.25) is 5.02 Å². The first-order valence-corrected chi connectivity index (χ1v) is 10.0. The zero-order valence-electron chi connectivity index (χ0n) is 15.8. The molecule has 8 heteroatoms. The smallest absolute Gasteiger partial charge is 0.271 e. The maximum absolute atomic E-state index is 12.1. The van der Waals surface area contributed by atoms with Gasteiger partial charge in [0.1, 0.15) is 0 Å². The molecular formula is C20H22ClN5OS. The monoisotopic (exact) mass is 415 g/mol. The van der Waals surface area contributed by atoms with Crippen molar-refractivity contribution in [2.75, 3.05) is 31.5 Å². The average molecular weight is 416 g/mol. The molecule has 146 valence electrons. The van der Waals surface area contributed by atoms with E-state index in [1.165, 1.54) is 11.9 Å². The molecule has 1 aromatic heterocycles. The molecule has 1 amide bonds. The lowest BCUT2D eigenvalue weighted by molar-refractivity contribution is 0.0996. The van der Waals surface area contributed by atoms with Crippen LogP contribution in [0.5, 0.6) is 0 Å². The Morgan fingerprint density at radius 3 is 2.32 bits per heavy atom. The van der Waals surface area contributed by atoms with E-state index in [1.54, 1.807) is 0 Å². The van der Waals surface area contributed by atoms with Crippen LogP contribution in [-0.2, 0) is 0 Å². The zero-order valence-corrected chi connectivity index (χ0v) is 17.4. The van der Waals surface area contributed by atoms with E-state index in [0.717, 1.165) is 17.9 Å². The number of carbonyl (C=O) groups excluding carboxylic acids is 1. The van der Waals surface area contributed by atoms with E-state index in [4.69, 9.17) is 22.3 Å². The maximum atomic E-state index is 12.1. The normalized spacial score (nSPS) is 11.1. The third-order valence-electron chi connectivity index (χ3n) is 4.03. The number of rotatable bonds is 8. The molecular weight excluding hydrogens is 394 g/mol. The van der Waals surface area contributed by atoms with Crippen LogP contribution in [0.15, 0.2) is 53.4 Å². The topological polar surface area (TPSA) is 75.3 Å². The van der Waals surface area contributed by atoms with Crippen LogP contribution in [0.3, 0.4) is 0 Å². The summed E-state index contributed by atoms with van der Waals surface area (Å²) in [5, 5.41) is 0.638. The second-order valence-corrected chi connectivity index (χ2v) is 8.00. The summed E-state index contributed by atoms with van der Waals surface area (Å²) < 4.78 is 1.95. The average Bonchev–Trinajstić information content (AvgIpc) is 2.67. The number of carbonyl (C=O) groups is 1. The standard InChI is InChI=1S/C20H22ClN5OS/c1-25(2)12-7-13-26(28-17-11-6-3-8-14(17)21)20-18(19(22)27)23-15-9-4-5-10-16(15)24-20/h3-6,8-11H,7,12-13H2,1-2H3,(H2,22,27). The highest BCUT2D eigenvalue weighted by molar-refractivity contribution is 8.00. The van der Waals surface area contributed by atoms with Gasteiger partial charge in [-0.1, -0.05) is 35.9 Å². The van der Waals surface area contributed by atoms with E-state index in [-0.39, 0.29) is 5.69 Å². The van der Waals surface area contributed by atoms with Crippen molar-refractivity contribution in [1.82, 2.24) is 14.9 Å². The number of amides is 1. The molecule has 0 saturated carbocycles. The first-order chi connectivity index (χ1) is 13.5. The third kappa shape index (κ3) is 4.92. The van der Waals surface area contributed by atoms with Crippen LogP contribution >= 0.6 is 23.5 Å². The molecule has 0 unspecified atom stereocenters. The van der Waals surface area contributed by atoms with Gasteiger partial charge in [-0.25, -0.2) is 9.97 Å². The maximum Gasteiger partial charge on any atom is 0.271 e. The molecule has 0 bridgehead atoms. The molecule has 6 nitrogen and oxygen atoms in total. The lowest BCUT2D eigenvalue weighted by Gasteiger charge is -2.25. The Morgan fingerprint density at radius 1 is 1.04 bits per heavy atom. The van der Waals surface area contributed by atoms with E-state index in [0.29, 0.717) is 28.4 Å². The molecule has 0 aliphatic carbocycles. The van der Waals surface area contributed by atoms with Crippen molar-refractivity contribution >= 4 is 46.3 Å². The van der Waals surface area contributed by atoms with Gasteiger partial charge in [0.05, 0.1) is 16.1 Å². The van der Waals surface area contributed by atoms with E-state index in [9.17, 15) is 4.79 Å². The van der Waals surface area contributed by atoms with E-state index >= 15 is 0 Å². The highest BCUT2D eigenvalue weighted by atomic mass is 35.5. The minimum atomic E-state index is -0.606. The van der Waals surface area contributed by atoms with Crippen LogP contribution in [-0.4, -0.2) is 48.0 Å². The lowest BCUT2D eigenvalue weighted by atomic mass is 10.2. The summed E-state index contributed by atoms with van der Waals surface area (Å²) >= 11 is 7.79. The van der Waals surface area contributed by atoms with Crippen LogP contribution < -0.4 is 10.0 Å². The molecule has 3 rings (SSSR count). The summed E-state index contributed by atoms with van der Waals surface area (Å²) in [6.45, 7) is 1.55. The van der Waals surface area contributed by atoms with E-state index in [2.05, 4.69) is 9.88 Å². The Bertz CT molecular complexity index is 982. The fourth-order valence-corrected chi connectivity index (χ4v) is 3.90. The Hall–Kier alpha value is -2.35. The molecule has 0 aliphatic rings. The van der Waals surface area contributed by atoms with Gasteiger partial charge in [-0.15, -0.1) is 0 Å². The Labute approximate surface area is 173 Å². The van der Waals surface area contributed by atoms with Gasteiger partial charge in [0.25, 0.3) is 5.91 Å². The van der Waals surface area contributed by atoms with Gasteiger partial charge < -0.3 is 10.6 Å². The molecule has 1 heterocycles. The number of nitrogens with zero attached hydrogens (tertiary/aromatic N) is 4. The molecule has 28 heavy (non-hydrogen) atoms. The van der Waals surface area contributed by atoms with Crippen LogP contribution in [0.25, 0.3) is 11.0 Å². The van der Waals surface area contributed by atoms with Crippen molar-refractivity contribution < 1.29 is 4.79 Å². The highest BCUT2D eigenvalue weighted by Gasteiger charge is 2.21. The van der Waals surface area contributed by atoms with Gasteiger partial charge >= 0.3 is 0 Å². The number of anilines is 1. The Morgan fingerprint density at radius 2 is 1.68 bits per heavy atom. The zero-order chi connectivity index (χ0) is 20.1. The van der Waals surface area contributed by atoms with Gasteiger partial charge in [0.2, 0.25) is 0 Å². The summed E-state index contributed by atoms with van der Waals surface area (Å²) in [6.07, 6.45) is 0.872. The number of nitrogens with two attached hydrogens (primary N) is 1. The second-order valence-electron chi connectivity index (χ2n) is 6.53. The van der Waals surface area contributed by atoms with Crippen molar-refractivity contribution in [2.24, 2.45) is 5.73 Å². The van der Waals surface area contributed by atoms with Crippen molar-refractivity contribution in [3.63, 3.8) is 0 Å². The number of benzene rings is 2. The number of hydrogen-bond donors (Lipinski definition) is 1. The SMILES string of the molecule is CN(C)CCCN(Sc1ccccc1Cl)c1nc2ccccc2nc1C(N)=O. The van der Waals surface area contributed by atoms with Gasteiger partial charge in [0, 0.05) is 11.4 Å². The molecule has 0 spiro atoms. The van der Waals surface area contributed by atoms with Gasteiger partial charge in [-0.2, -0.15) is 0 Å². The van der Waals surface area contributed by atoms with Crippen molar-refractivity contribution in [3.8, 4) is 0 Å². The van der Waals surface area contributed by atoms with Crippen LogP contribution in [0.4, 0.5) is 5.82 Å². The number of halogens is 1. The fraction of sp³-hybridized carbons (Fsp3) is 0.250. The van der Waals surface area contributed by atoms with Crippen molar-refractivity contribution in [3.05, 3.63) is 59.2 Å². The number of fused-ring (bicyclic) bond motifs is 1. The molecule has 0 aliphatic heterocycles. The van der Waals surface area contributed by atoms with Crippen molar-refractivity contribution in [2.45, 2.75) is 11.3 Å². The highest BCUT2D eigenvalue weighted by Crippen LogP contribution is 2.34. The van der Waals surface area contributed by atoms with E-state index in [1.807, 2.05) is 66.9 Å². The first kappa shape index (κ1) is 20.4. The molecule has 0 fully saturated rings. The summed E-state index contributed by atoms with van der Waals surface area (Å²) in [4.78, 5) is 24.3. The minimum absolute atomic E-state index is 0.156. The largest absolute Gasteiger partial charge is 0.364 e. The number of para-hydroxylation sites is 2. The van der Waals surface area contributed by atoms with Crippen LogP contribution in [0.1, 0.15) is 16.9 Å². The van der Waals surface area contributed by atoms with Crippen molar-refractivity contribution in [1.29, 1.82) is 0 Å². The van der Waals surface area contributed by atoms with E-state index < -0.39 is 5.91 Å². The molecule has 0 atom stereocenters. The Balaban J connectivity index is 2.03.